The zero-order valence-electron chi connectivity index (χ0n) is 17.9. The van der Waals surface area contributed by atoms with Crippen LogP contribution in [0.15, 0.2) is 36.4 Å². The predicted octanol–water partition coefficient (Wildman–Crippen LogP) is 4.21. The van der Waals surface area contributed by atoms with Gasteiger partial charge in [0, 0.05) is 36.8 Å². The molecular formula is C24H24F2N4O2. The van der Waals surface area contributed by atoms with E-state index < -0.39 is 17.5 Å². The van der Waals surface area contributed by atoms with Crippen molar-refractivity contribution in [2.75, 3.05) is 23.3 Å². The van der Waals surface area contributed by atoms with Crippen molar-refractivity contribution in [3.05, 3.63) is 59.3 Å². The number of likely N-dealkylation sites (tertiary alicyclic amines) is 1. The van der Waals surface area contributed by atoms with Crippen molar-refractivity contribution in [3.63, 3.8) is 0 Å². The summed E-state index contributed by atoms with van der Waals surface area (Å²) in [5, 5.41) is 3.07. The number of aromatic nitrogens is 1. The van der Waals surface area contributed by atoms with E-state index in [0.717, 1.165) is 24.9 Å². The van der Waals surface area contributed by atoms with Crippen molar-refractivity contribution in [3.8, 4) is 0 Å². The zero-order chi connectivity index (χ0) is 22.6. The molecule has 3 aromatic rings. The second-order valence-electron chi connectivity index (χ2n) is 8.61. The minimum atomic E-state index is -0.473. The Morgan fingerprint density at radius 1 is 1.06 bits per heavy atom. The number of H-pyrrole nitrogens is 1. The van der Waals surface area contributed by atoms with Crippen LogP contribution >= 0.6 is 0 Å². The standard InChI is InChI=1S/C24H24F2N4O2/c1-13-3-4-19(26)18-12-20(28-23(13)18)24(32)27-16-9-15(25)10-17(11-16)30-8-6-21-22(30)5-7-29(21)14(2)31/h3-4,9-12,21-22,28H,5-8H2,1-2H3,(H,27,32)/t21-,22+/m1/s1. The summed E-state index contributed by atoms with van der Waals surface area (Å²) in [7, 11) is 0. The van der Waals surface area contributed by atoms with Gasteiger partial charge in [-0.1, -0.05) is 6.07 Å². The van der Waals surface area contributed by atoms with E-state index in [4.69, 9.17) is 0 Å². The number of nitrogens with one attached hydrogen (secondary N) is 2. The fraction of sp³-hybridized carbons (Fsp3) is 0.333. The molecule has 3 heterocycles. The average molecular weight is 438 g/mol. The number of halogens is 2. The van der Waals surface area contributed by atoms with Gasteiger partial charge in [-0.05, 0) is 55.7 Å². The minimum Gasteiger partial charge on any atom is -0.366 e. The molecule has 2 saturated heterocycles. The monoisotopic (exact) mass is 438 g/mol. The first-order valence-electron chi connectivity index (χ1n) is 10.8. The van der Waals surface area contributed by atoms with Crippen molar-refractivity contribution in [1.29, 1.82) is 0 Å². The van der Waals surface area contributed by atoms with Crippen LogP contribution in [0.2, 0.25) is 0 Å². The maximum atomic E-state index is 14.5. The SMILES string of the molecule is CC(=O)N1CC[C@H]2[C@H]1CCN2c1cc(F)cc(NC(=O)c2cc3c(F)ccc(C)c3[nH]2)c1. The Morgan fingerprint density at radius 3 is 2.59 bits per heavy atom. The minimum absolute atomic E-state index is 0.0663. The third-order valence-electron chi connectivity index (χ3n) is 6.65. The maximum absolute atomic E-state index is 14.5. The van der Waals surface area contributed by atoms with Crippen LogP contribution in [0.4, 0.5) is 20.2 Å². The normalized spacial score (nSPS) is 20.1. The summed E-state index contributed by atoms with van der Waals surface area (Å²) in [6, 6.07) is 9.22. The number of carbonyl (C=O) groups excluding carboxylic acids is 2. The van der Waals surface area contributed by atoms with Gasteiger partial charge < -0.3 is 20.1 Å². The Labute approximate surface area is 184 Å². The van der Waals surface area contributed by atoms with Gasteiger partial charge in [0.05, 0.1) is 17.6 Å². The van der Waals surface area contributed by atoms with Crippen molar-refractivity contribution >= 4 is 34.1 Å². The van der Waals surface area contributed by atoms with Crippen molar-refractivity contribution in [1.82, 2.24) is 9.88 Å². The van der Waals surface area contributed by atoms with Gasteiger partial charge >= 0.3 is 0 Å². The molecular weight excluding hydrogens is 414 g/mol. The van der Waals surface area contributed by atoms with Crippen molar-refractivity contribution in [2.24, 2.45) is 0 Å². The fourth-order valence-corrected chi connectivity index (χ4v) is 5.16. The highest BCUT2D eigenvalue weighted by Gasteiger charge is 2.43. The van der Waals surface area contributed by atoms with Crippen LogP contribution in [0.3, 0.4) is 0 Å². The molecule has 2 atom stereocenters. The van der Waals surface area contributed by atoms with Gasteiger partial charge in [-0.15, -0.1) is 0 Å². The smallest absolute Gasteiger partial charge is 0.272 e. The number of anilines is 2. The molecule has 0 aliphatic carbocycles. The van der Waals surface area contributed by atoms with Gasteiger partial charge in [-0.3, -0.25) is 9.59 Å². The van der Waals surface area contributed by atoms with E-state index in [9.17, 15) is 18.4 Å². The van der Waals surface area contributed by atoms with Crippen LogP contribution < -0.4 is 10.2 Å². The molecule has 166 valence electrons. The van der Waals surface area contributed by atoms with Crippen molar-refractivity contribution < 1.29 is 18.4 Å². The first kappa shape index (κ1) is 20.5. The summed E-state index contributed by atoms with van der Waals surface area (Å²) in [4.78, 5) is 31.7. The van der Waals surface area contributed by atoms with E-state index in [1.807, 2.05) is 11.8 Å². The highest BCUT2D eigenvalue weighted by Crippen LogP contribution is 2.36. The average Bonchev–Trinajstić information content (AvgIpc) is 3.44. The van der Waals surface area contributed by atoms with Crippen LogP contribution in [0, 0.1) is 18.6 Å². The number of amides is 2. The largest absolute Gasteiger partial charge is 0.366 e. The molecule has 2 amide bonds. The van der Waals surface area contributed by atoms with Gasteiger partial charge in [0.2, 0.25) is 5.91 Å². The fourth-order valence-electron chi connectivity index (χ4n) is 5.16. The van der Waals surface area contributed by atoms with E-state index in [0.29, 0.717) is 28.8 Å². The Bertz CT molecular complexity index is 1200. The van der Waals surface area contributed by atoms with Crippen molar-refractivity contribution in [2.45, 2.75) is 38.8 Å². The molecule has 5 rings (SSSR count). The lowest BCUT2D eigenvalue weighted by molar-refractivity contribution is -0.129. The summed E-state index contributed by atoms with van der Waals surface area (Å²) >= 11 is 0. The van der Waals surface area contributed by atoms with E-state index >= 15 is 0 Å². The van der Waals surface area contributed by atoms with E-state index in [1.165, 1.54) is 24.3 Å². The Balaban J connectivity index is 1.39. The number of hydrogen-bond acceptors (Lipinski definition) is 3. The molecule has 0 saturated carbocycles. The number of carbonyl (C=O) groups is 2. The molecule has 8 heteroatoms. The number of fused-ring (bicyclic) bond motifs is 2. The summed E-state index contributed by atoms with van der Waals surface area (Å²) in [5.74, 6) is -1.27. The lowest BCUT2D eigenvalue weighted by atomic mass is 10.1. The quantitative estimate of drug-likeness (QED) is 0.644. The number of rotatable bonds is 3. The van der Waals surface area contributed by atoms with Crippen LogP contribution in [0.5, 0.6) is 0 Å². The first-order valence-corrected chi connectivity index (χ1v) is 10.8. The number of benzene rings is 2. The van der Waals surface area contributed by atoms with Crippen LogP contribution in [-0.2, 0) is 4.79 Å². The molecule has 0 unspecified atom stereocenters. The third kappa shape index (κ3) is 3.39. The molecule has 0 spiro atoms. The highest BCUT2D eigenvalue weighted by molar-refractivity contribution is 6.06. The Kier molecular flexibility index (Phi) is 4.87. The van der Waals surface area contributed by atoms with Crippen LogP contribution in [0.25, 0.3) is 10.9 Å². The first-order chi connectivity index (χ1) is 15.3. The van der Waals surface area contributed by atoms with Crippen LogP contribution in [0.1, 0.15) is 35.8 Å². The molecule has 0 radical (unpaired) electrons. The number of hydrogen-bond donors (Lipinski definition) is 2. The summed E-state index contributed by atoms with van der Waals surface area (Å²) < 4.78 is 28.6. The number of aryl methyl sites for hydroxylation is 1. The molecule has 2 N–H and O–H groups in total. The molecule has 32 heavy (non-hydrogen) atoms. The molecule has 2 aliphatic heterocycles. The summed E-state index contributed by atoms with van der Waals surface area (Å²) in [6.07, 6.45) is 1.67. The third-order valence-corrected chi connectivity index (χ3v) is 6.65. The molecule has 6 nitrogen and oxygen atoms in total. The molecule has 2 aliphatic rings. The van der Waals surface area contributed by atoms with Gasteiger partial charge in [-0.2, -0.15) is 0 Å². The maximum Gasteiger partial charge on any atom is 0.272 e. The molecule has 1 aromatic heterocycles. The Morgan fingerprint density at radius 2 is 1.84 bits per heavy atom. The van der Waals surface area contributed by atoms with Crippen LogP contribution in [-0.4, -0.2) is 46.9 Å². The van der Waals surface area contributed by atoms with E-state index in [2.05, 4.69) is 15.2 Å². The molecule has 2 fully saturated rings. The van der Waals surface area contributed by atoms with E-state index in [1.54, 1.807) is 19.1 Å². The second kappa shape index (κ2) is 7.62. The highest BCUT2D eigenvalue weighted by atomic mass is 19.1. The summed E-state index contributed by atoms with van der Waals surface area (Å²) in [5.41, 5.74) is 2.60. The number of aromatic amines is 1. The topological polar surface area (TPSA) is 68.4 Å². The second-order valence-corrected chi connectivity index (χ2v) is 8.61. The van der Waals surface area contributed by atoms with Gasteiger partial charge in [-0.25, -0.2) is 8.78 Å². The Hall–Kier alpha value is -3.42. The number of nitrogens with zero attached hydrogens (tertiary/aromatic N) is 2. The lowest BCUT2D eigenvalue weighted by Crippen LogP contribution is -2.38. The molecule has 2 aromatic carbocycles. The zero-order valence-corrected chi connectivity index (χ0v) is 17.9. The molecule has 0 bridgehead atoms. The van der Waals surface area contributed by atoms with Gasteiger partial charge in [0.15, 0.2) is 0 Å². The predicted molar refractivity (Wildman–Crippen MR) is 119 cm³/mol. The lowest BCUT2D eigenvalue weighted by Gasteiger charge is -2.27. The van der Waals surface area contributed by atoms with E-state index in [-0.39, 0.29) is 23.7 Å². The van der Waals surface area contributed by atoms with Gasteiger partial charge in [0.25, 0.3) is 5.91 Å². The summed E-state index contributed by atoms with van der Waals surface area (Å²) in [6.45, 7) is 4.84. The van der Waals surface area contributed by atoms with Gasteiger partial charge in [0.1, 0.15) is 17.3 Å².